The Hall–Kier alpha value is 0.400. The van der Waals surface area contributed by atoms with Crippen LogP contribution in [-0.2, 0) is 0 Å². The fraction of sp³-hybridized carbons (Fsp3) is 1.00. The lowest BCUT2D eigenvalue weighted by Crippen LogP contribution is -3.00. The van der Waals surface area contributed by atoms with Crippen molar-refractivity contribution in [1.29, 1.82) is 0 Å². The maximum atomic E-state index is 3.68. The van der Waals surface area contributed by atoms with E-state index < -0.39 is 0 Å². The third kappa shape index (κ3) is 10.7. The lowest BCUT2D eigenvalue weighted by molar-refractivity contribution is -0.367. The molecule has 0 aromatic heterocycles. The number of quaternary nitrogens is 1. The van der Waals surface area contributed by atoms with Crippen LogP contribution < -0.4 is 28.0 Å². The van der Waals surface area contributed by atoms with Gasteiger partial charge < -0.3 is 28.0 Å². The minimum absolute atomic E-state index is 0. The molecule has 0 amide bonds. The first-order valence-electron chi connectivity index (χ1n) is 2.35. The van der Waals surface area contributed by atoms with Gasteiger partial charge in [0.2, 0.25) is 0 Å². The summed E-state index contributed by atoms with van der Waals surface area (Å²) in [6.07, 6.45) is 1.19. The molecule has 0 atom stereocenters. The van der Waals surface area contributed by atoms with Gasteiger partial charge in [0.15, 0.2) is 0 Å². The van der Waals surface area contributed by atoms with Crippen LogP contribution in [0, 0.1) is 0 Å². The zero-order chi connectivity index (χ0) is 4.83. The Morgan fingerprint density at radius 1 is 1.57 bits per heavy atom. The molecule has 0 aromatic rings. The Labute approximate surface area is 55.2 Å². The van der Waals surface area contributed by atoms with E-state index in [4.69, 9.17) is 0 Å². The number of nitrogens with one attached hydrogen (secondary N) is 1. The molecular formula is C4H13BrN2. The predicted molar refractivity (Wildman–Crippen MR) is 26.3 cm³/mol. The van der Waals surface area contributed by atoms with E-state index in [1.54, 1.807) is 0 Å². The second-order valence-electron chi connectivity index (χ2n) is 1.31. The van der Waals surface area contributed by atoms with E-state index in [1.165, 1.54) is 6.42 Å². The van der Waals surface area contributed by atoms with Gasteiger partial charge in [-0.25, -0.2) is 0 Å². The van der Waals surface area contributed by atoms with Crippen LogP contribution in [0.5, 0.6) is 0 Å². The van der Waals surface area contributed by atoms with Gasteiger partial charge in [0.05, 0.1) is 6.54 Å². The smallest absolute Gasteiger partial charge is 0.0752 e. The number of hydrogen-bond donors (Lipinski definition) is 2. The molecule has 0 saturated heterocycles. The van der Waals surface area contributed by atoms with Gasteiger partial charge in [0.25, 0.3) is 0 Å². The quantitative estimate of drug-likeness (QED) is 0.413. The summed E-state index contributed by atoms with van der Waals surface area (Å²) in [5.41, 5.74) is 3.68. The molecule has 0 fully saturated rings. The van der Waals surface area contributed by atoms with E-state index in [9.17, 15) is 0 Å². The van der Waals surface area contributed by atoms with Crippen LogP contribution in [0.2, 0.25) is 0 Å². The van der Waals surface area contributed by atoms with Crippen molar-refractivity contribution < 1.29 is 22.7 Å². The zero-order valence-corrected chi connectivity index (χ0v) is 6.29. The van der Waals surface area contributed by atoms with Gasteiger partial charge >= 0.3 is 0 Å². The molecule has 0 rings (SSSR count). The van der Waals surface area contributed by atoms with Gasteiger partial charge in [0.1, 0.15) is 0 Å². The van der Waals surface area contributed by atoms with Crippen molar-refractivity contribution in [2.75, 3.05) is 20.1 Å². The maximum absolute atomic E-state index is 3.68. The van der Waals surface area contributed by atoms with Crippen LogP contribution >= 0.6 is 0 Å². The van der Waals surface area contributed by atoms with Crippen LogP contribution in [0.1, 0.15) is 6.42 Å². The largest absolute Gasteiger partial charge is 1.00 e. The van der Waals surface area contributed by atoms with Gasteiger partial charge in [-0.3, -0.25) is 0 Å². The Morgan fingerprint density at radius 3 is 2.29 bits per heavy atom. The number of halogens is 1. The molecule has 46 valence electrons. The molecular weight excluding hydrogens is 156 g/mol. The predicted octanol–water partition coefficient (Wildman–Crippen LogP) is -4.16. The minimum atomic E-state index is 0. The van der Waals surface area contributed by atoms with Crippen LogP contribution in [-0.4, -0.2) is 20.1 Å². The molecule has 0 heterocycles. The maximum Gasteiger partial charge on any atom is 0.0752 e. The van der Waals surface area contributed by atoms with Crippen molar-refractivity contribution in [3.05, 3.63) is 0 Å². The first kappa shape index (κ1) is 10.4. The Kier molecular flexibility index (Phi) is 14.3. The van der Waals surface area contributed by atoms with Crippen LogP contribution in [0.4, 0.5) is 0 Å². The summed E-state index contributed by atoms with van der Waals surface area (Å²) >= 11 is 0. The van der Waals surface area contributed by atoms with E-state index in [0.717, 1.165) is 13.1 Å². The molecule has 0 unspecified atom stereocenters. The van der Waals surface area contributed by atoms with Gasteiger partial charge in [-0.15, -0.1) is 0 Å². The van der Waals surface area contributed by atoms with Crippen molar-refractivity contribution >= 4 is 0 Å². The monoisotopic (exact) mass is 168 g/mol. The molecule has 0 saturated carbocycles. The topological polar surface area (TPSA) is 39.7 Å². The van der Waals surface area contributed by atoms with Crippen molar-refractivity contribution in [2.45, 2.75) is 6.42 Å². The highest BCUT2D eigenvalue weighted by atomic mass is 79.9. The molecule has 4 N–H and O–H groups in total. The van der Waals surface area contributed by atoms with E-state index in [1.807, 2.05) is 7.05 Å². The van der Waals surface area contributed by atoms with Gasteiger partial charge in [-0.05, 0) is 7.05 Å². The highest BCUT2D eigenvalue weighted by Crippen LogP contribution is 1.61. The van der Waals surface area contributed by atoms with Crippen molar-refractivity contribution in [1.82, 2.24) is 5.32 Å². The average Bonchev–Trinajstić information content (AvgIpc) is 1.61. The summed E-state index contributed by atoms with van der Waals surface area (Å²) in [7, 11) is 1.95. The summed E-state index contributed by atoms with van der Waals surface area (Å²) in [6.45, 7) is 2.14. The summed E-state index contributed by atoms with van der Waals surface area (Å²) in [6, 6.07) is 0. The first-order chi connectivity index (χ1) is 2.91. The fourth-order valence-electron chi connectivity index (χ4n) is 0.302. The molecule has 0 aliphatic carbocycles. The second-order valence-corrected chi connectivity index (χ2v) is 1.31. The standard InChI is InChI=1S/C4H12N2.BrH/c1-6-4-2-3-5;/h6H,2-5H2,1H3;1H. The molecule has 0 aromatic carbocycles. The SMILES string of the molecule is CNCCC[NH3+].[Br-]. The molecule has 3 heteroatoms. The van der Waals surface area contributed by atoms with E-state index in [0.29, 0.717) is 0 Å². The second kappa shape index (κ2) is 9.64. The van der Waals surface area contributed by atoms with Crippen molar-refractivity contribution in [2.24, 2.45) is 0 Å². The van der Waals surface area contributed by atoms with Gasteiger partial charge in [-0.2, -0.15) is 0 Å². The molecule has 0 bridgehead atoms. The molecule has 0 aliphatic rings. The van der Waals surface area contributed by atoms with Crippen LogP contribution in [0.15, 0.2) is 0 Å². The molecule has 0 aliphatic heterocycles. The lowest BCUT2D eigenvalue weighted by atomic mass is 10.4. The first-order valence-corrected chi connectivity index (χ1v) is 2.35. The number of rotatable bonds is 3. The lowest BCUT2D eigenvalue weighted by Gasteiger charge is -1.88. The summed E-state index contributed by atoms with van der Waals surface area (Å²) in [4.78, 5) is 0. The third-order valence-corrected chi connectivity index (χ3v) is 0.677. The normalized spacial score (nSPS) is 7.71. The molecule has 2 nitrogen and oxygen atoms in total. The Morgan fingerprint density at radius 2 is 2.14 bits per heavy atom. The van der Waals surface area contributed by atoms with Crippen LogP contribution in [0.25, 0.3) is 0 Å². The summed E-state index contributed by atoms with van der Waals surface area (Å²) < 4.78 is 0. The molecule has 0 spiro atoms. The highest BCUT2D eigenvalue weighted by Gasteiger charge is 1.76. The highest BCUT2D eigenvalue weighted by molar-refractivity contribution is 4.33. The van der Waals surface area contributed by atoms with Crippen molar-refractivity contribution in [3.8, 4) is 0 Å². The van der Waals surface area contributed by atoms with Crippen molar-refractivity contribution in [3.63, 3.8) is 0 Å². The Balaban J connectivity index is 0. The molecule has 7 heavy (non-hydrogen) atoms. The molecule has 0 radical (unpaired) electrons. The zero-order valence-electron chi connectivity index (χ0n) is 4.71. The van der Waals surface area contributed by atoms with E-state index >= 15 is 0 Å². The van der Waals surface area contributed by atoms with Gasteiger partial charge in [-0.1, -0.05) is 0 Å². The summed E-state index contributed by atoms with van der Waals surface area (Å²) in [5, 5.41) is 3.03. The third-order valence-electron chi connectivity index (χ3n) is 0.677. The van der Waals surface area contributed by atoms with E-state index in [-0.39, 0.29) is 17.0 Å². The van der Waals surface area contributed by atoms with Crippen LogP contribution in [0.3, 0.4) is 0 Å². The minimum Gasteiger partial charge on any atom is -1.00 e. The van der Waals surface area contributed by atoms with E-state index in [2.05, 4.69) is 11.1 Å². The Bertz CT molecular complexity index is 21.7. The van der Waals surface area contributed by atoms with Gasteiger partial charge in [0, 0.05) is 13.0 Å². The average molecular weight is 169 g/mol. The summed E-state index contributed by atoms with van der Waals surface area (Å²) in [5.74, 6) is 0. The fourth-order valence-corrected chi connectivity index (χ4v) is 0.302. The number of hydrogen-bond acceptors (Lipinski definition) is 1.